The van der Waals surface area contributed by atoms with Crippen molar-refractivity contribution in [2.24, 2.45) is 4.99 Å². The van der Waals surface area contributed by atoms with Crippen LogP contribution in [-0.2, 0) is 9.47 Å². The van der Waals surface area contributed by atoms with Crippen LogP contribution >= 0.6 is 0 Å². The fourth-order valence-electron chi connectivity index (χ4n) is 5.26. The zero-order valence-corrected chi connectivity index (χ0v) is 24.2. The van der Waals surface area contributed by atoms with Gasteiger partial charge in [0.2, 0.25) is 0 Å². The van der Waals surface area contributed by atoms with Crippen molar-refractivity contribution in [1.29, 1.82) is 0 Å². The van der Waals surface area contributed by atoms with Gasteiger partial charge in [-0.25, -0.2) is 9.79 Å². The highest BCUT2D eigenvalue weighted by Gasteiger charge is 2.23. The molecule has 1 atom stereocenters. The maximum atomic E-state index is 12.8. The molecule has 9 heteroatoms. The van der Waals surface area contributed by atoms with Crippen LogP contribution in [0.4, 0.5) is 5.69 Å². The number of esters is 1. The summed E-state index contributed by atoms with van der Waals surface area (Å²) in [5, 5.41) is 11.6. The molecule has 4 aromatic rings. The van der Waals surface area contributed by atoms with Gasteiger partial charge in [0.05, 0.1) is 36.2 Å². The van der Waals surface area contributed by atoms with E-state index in [2.05, 4.69) is 28.9 Å². The number of Topliss-reactive ketones (excluding diaryl/α,β-unsaturated/α-hetero) is 1. The average Bonchev–Trinajstić information content (AvgIpc) is 3.62. The van der Waals surface area contributed by atoms with Gasteiger partial charge >= 0.3 is 5.97 Å². The fraction of sp³-hybridized carbons (Fsp3) is 0.303. The number of H-pyrrole nitrogens is 1. The number of rotatable bonds is 11. The second-order valence-corrected chi connectivity index (χ2v) is 10.7. The number of likely N-dealkylation sites (N-methyl/N-ethyl adjacent to an activating group) is 1. The number of aromatic amines is 1. The molecule has 42 heavy (non-hydrogen) atoms. The summed E-state index contributed by atoms with van der Waals surface area (Å²) >= 11 is 0. The highest BCUT2D eigenvalue weighted by atomic mass is 16.5. The molecule has 0 radical (unpaired) electrons. The average molecular weight is 569 g/mol. The smallest absolute Gasteiger partial charge is 0.337 e. The van der Waals surface area contributed by atoms with Gasteiger partial charge in [0.15, 0.2) is 11.7 Å². The number of aromatic nitrogens is 1. The Kier molecular flexibility index (Phi) is 9.12. The molecule has 2 N–H and O–H groups in total. The third-order valence-corrected chi connectivity index (χ3v) is 7.68. The number of ketones is 1. The molecule has 1 fully saturated rings. The van der Waals surface area contributed by atoms with Gasteiger partial charge in [0, 0.05) is 41.2 Å². The number of benzene rings is 3. The van der Waals surface area contributed by atoms with Crippen molar-refractivity contribution in [2.45, 2.75) is 12.5 Å². The maximum Gasteiger partial charge on any atom is 0.337 e. The number of likely N-dealkylation sites (tertiary alicyclic amines) is 1. The molecule has 0 unspecified atom stereocenters. The summed E-state index contributed by atoms with van der Waals surface area (Å²) in [5.41, 5.74) is 3.98. The second-order valence-electron chi connectivity index (χ2n) is 10.7. The van der Waals surface area contributed by atoms with Crippen LogP contribution in [0.5, 0.6) is 5.88 Å². The second kappa shape index (κ2) is 13.1. The van der Waals surface area contributed by atoms with E-state index in [-0.39, 0.29) is 18.3 Å². The molecule has 0 saturated carbocycles. The van der Waals surface area contributed by atoms with Crippen LogP contribution in [0.2, 0.25) is 0 Å². The van der Waals surface area contributed by atoms with Gasteiger partial charge in [-0.1, -0.05) is 36.4 Å². The number of nitrogens with zero attached hydrogens (tertiary/aromatic N) is 3. The number of methoxy groups -OCH3 is 1. The lowest BCUT2D eigenvalue weighted by molar-refractivity contribution is 0.0600. The molecule has 9 nitrogen and oxygen atoms in total. The molecule has 2 heterocycles. The number of hydrogen-bond donors (Lipinski definition) is 2. The summed E-state index contributed by atoms with van der Waals surface area (Å²) in [7, 11) is 5.54. The minimum absolute atomic E-state index is 0.0274. The zero-order chi connectivity index (χ0) is 29.6. The number of fused-ring (bicyclic) bond motifs is 1. The monoisotopic (exact) mass is 568 g/mol. The van der Waals surface area contributed by atoms with Crippen LogP contribution in [0.25, 0.3) is 10.9 Å². The number of nitrogens with one attached hydrogen (secondary N) is 1. The standard InChI is InChI=1S/C33H36N4O5/c1-36(2)26-15-16-37(20-26)17-18-42-21-29(38)22-9-12-25(13-10-22)34-31(23-7-5-4-6-8-23)30-27-14-11-24(33(40)41-3)19-28(27)35-32(30)39/h4-14,19,26,35,39H,15-18,20-21H2,1-3H3/t26-/m0/s1. The molecular formula is C33H36N4O5. The summed E-state index contributed by atoms with van der Waals surface area (Å²) < 4.78 is 10.5. The van der Waals surface area contributed by atoms with Crippen LogP contribution in [0.15, 0.2) is 77.8 Å². The molecule has 0 bridgehead atoms. The van der Waals surface area contributed by atoms with Crippen LogP contribution < -0.4 is 0 Å². The van der Waals surface area contributed by atoms with Gasteiger partial charge in [-0.3, -0.25) is 9.69 Å². The van der Waals surface area contributed by atoms with Crippen molar-refractivity contribution in [1.82, 2.24) is 14.8 Å². The number of carbonyl (C=O) groups is 2. The lowest BCUT2D eigenvalue weighted by Gasteiger charge is -2.20. The molecule has 5 rings (SSSR count). The topological polar surface area (TPSA) is 107 Å². The van der Waals surface area contributed by atoms with Gasteiger partial charge in [0.1, 0.15) is 6.61 Å². The van der Waals surface area contributed by atoms with E-state index in [1.807, 2.05) is 30.3 Å². The van der Waals surface area contributed by atoms with Crippen LogP contribution in [0.1, 0.15) is 38.3 Å². The van der Waals surface area contributed by atoms with Crippen molar-refractivity contribution < 1.29 is 24.2 Å². The number of aromatic hydroxyl groups is 1. The molecule has 0 spiro atoms. The summed E-state index contributed by atoms with van der Waals surface area (Å²) in [4.78, 5) is 37.3. The molecule has 1 saturated heterocycles. The van der Waals surface area contributed by atoms with E-state index in [1.54, 1.807) is 42.5 Å². The van der Waals surface area contributed by atoms with Gasteiger partial charge in [-0.15, -0.1) is 0 Å². The third kappa shape index (κ3) is 6.60. The SMILES string of the molecule is COC(=O)c1ccc2c(C(=Nc3ccc(C(=O)COCCN4CC[C@H](N(C)C)C4)cc3)c3ccccc3)c(O)[nH]c2c1. The van der Waals surface area contributed by atoms with E-state index in [9.17, 15) is 14.7 Å². The van der Waals surface area contributed by atoms with Crippen LogP contribution in [0, 0.1) is 0 Å². The lowest BCUT2D eigenvalue weighted by Crippen LogP contribution is -2.33. The lowest BCUT2D eigenvalue weighted by atomic mass is 10.00. The molecule has 1 aliphatic rings. The summed E-state index contributed by atoms with van der Waals surface area (Å²) in [6, 6.07) is 22.2. The van der Waals surface area contributed by atoms with E-state index >= 15 is 0 Å². The summed E-state index contributed by atoms with van der Waals surface area (Å²) in [5.74, 6) is -0.615. The Hall–Kier alpha value is -4.31. The first kappa shape index (κ1) is 29.2. The number of ether oxygens (including phenoxy) is 2. The molecule has 0 aliphatic carbocycles. The van der Waals surface area contributed by atoms with Gasteiger partial charge in [-0.2, -0.15) is 0 Å². The van der Waals surface area contributed by atoms with E-state index < -0.39 is 5.97 Å². The molecular weight excluding hydrogens is 532 g/mol. The maximum absolute atomic E-state index is 12.8. The number of hydrogen-bond acceptors (Lipinski definition) is 8. The minimum atomic E-state index is -0.464. The minimum Gasteiger partial charge on any atom is -0.494 e. The molecule has 1 aliphatic heterocycles. The van der Waals surface area contributed by atoms with Crippen molar-refractivity contribution in [2.75, 3.05) is 54.1 Å². The Morgan fingerprint density at radius 2 is 1.76 bits per heavy atom. The Bertz CT molecular complexity index is 1580. The molecule has 1 aromatic heterocycles. The van der Waals surface area contributed by atoms with Crippen LogP contribution in [0.3, 0.4) is 0 Å². The summed E-state index contributed by atoms with van der Waals surface area (Å²) in [6.45, 7) is 3.45. The molecule has 218 valence electrons. The first-order chi connectivity index (χ1) is 20.3. The van der Waals surface area contributed by atoms with E-state index in [4.69, 9.17) is 14.5 Å². The fourth-order valence-corrected chi connectivity index (χ4v) is 5.26. The Morgan fingerprint density at radius 3 is 2.45 bits per heavy atom. The van der Waals surface area contributed by atoms with Crippen LogP contribution in [-0.4, -0.2) is 97.4 Å². The summed E-state index contributed by atoms with van der Waals surface area (Å²) in [6.07, 6.45) is 1.16. The predicted octanol–water partition coefficient (Wildman–Crippen LogP) is 4.66. The zero-order valence-electron chi connectivity index (χ0n) is 24.2. The van der Waals surface area contributed by atoms with Crippen molar-refractivity contribution in [3.05, 3.63) is 95.1 Å². The van der Waals surface area contributed by atoms with Gasteiger partial charge in [0.25, 0.3) is 0 Å². The Morgan fingerprint density at radius 1 is 1.02 bits per heavy atom. The van der Waals surface area contributed by atoms with Crippen molar-refractivity contribution >= 4 is 34.1 Å². The molecule has 0 amide bonds. The highest BCUT2D eigenvalue weighted by Crippen LogP contribution is 2.32. The number of carbonyl (C=O) groups excluding carboxylic acids is 2. The predicted molar refractivity (Wildman–Crippen MR) is 163 cm³/mol. The van der Waals surface area contributed by atoms with Crippen molar-refractivity contribution in [3.8, 4) is 5.88 Å². The van der Waals surface area contributed by atoms with Gasteiger partial charge < -0.3 is 24.5 Å². The Labute approximate surface area is 245 Å². The largest absolute Gasteiger partial charge is 0.494 e. The number of aliphatic imine (C=N–C) groups is 1. The van der Waals surface area contributed by atoms with E-state index in [0.717, 1.165) is 31.6 Å². The molecule has 3 aromatic carbocycles. The van der Waals surface area contributed by atoms with E-state index in [1.165, 1.54) is 7.11 Å². The third-order valence-electron chi connectivity index (χ3n) is 7.68. The first-order valence-corrected chi connectivity index (χ1v) is 14.0. The first-order valence-electron chi connectivity index (χ1n) is 14.0. The normalized spacial score (nSPS) is 15.9. The van der Waals surface area contributed by atoms with E-state index in [0.29, 0.717) is 51.6 Å². The van der Waals surface area contributed by atoms with Gasteiger partial charge in [-0.05, 0) is 63.5 Å². The Balaban J connectivity index is 1.31. The highest BCUT2D eigenvalue weighted by molar-refractivity contribution is 6.22. The van der Waals surface area contributed by atoms with Crippen molar-refractivity contribution in [3.63, 3.8) is 0 Å². The quantitative estimate of drug-likeness (QED) is 0.117.